The van der Waals surface area contributed by atoms with Gasteiger partial charge in [0.25, 0.3) is 5.91 Å². The van der Waals surface area contributed by atoms with Crippen LogP contribution in [0.5, 0.6) is 0 Å². The van der Waals surface area contributed by atoms with Gasteiger partial charge in [-0.05, 0) is 46.5 Å². The monoisotopic (exact) mass is 327 g/mol. The van der Waals surface area contributed by atoms with Crippen LogP contribution in [-0.2, 0) is 4.79 Å². The van der Waals surface area contributed by atoms with Crippen LogP contribution in [0.2, 0.25) is 5.02 Å². The second kappa shape index (κ2) is 4.55. The normalized spacial score (nSPS) is 22.7. The number of halogens is 2. The summed E-state index contributed by atoms with van der Waals surface area (Å²) in [5, 5.41) is 6.52. The fourth-order valence-corrected chi connectivity index (χ4v) is 2.24. The topological polar surface area (TPSA) is 53.5 Å². The maximum absolute atomic E-state index is 11.9. The van der Waals surface area contributed by atoms with Crippen LogP contribution in [-0.4, -0.2) is 17.9 Å². The molecule has 6 heteroatoms. The summed E-state index contributed by atoms with van der Waals surface area (Å²) in [6.45, 7) is 0. The molecule has 4 nitrogen and oxygen atoms in total. The highest BCUT2D eigenvalue weighted by Gasteiger charge is 2.31. The zero-order valence-corrected chi connectivity index (χ0v) is 11.8. The first-order chi connectivity index (χ1) is 8.63. The lowest BCUT2D eigenvalue weighted by molar-refractivity contribution is -0.120. The molecule has 2 N–H and O–H groups in total. The van der Waals surface area contributed by atoms with Crippen molar-refractivity contribution in [2.75, 3.05) is 0 Å². The zero-order valence-electron chi connectivity index (χ0n) is 9.41. The lowest BCUT2D eigenvalue weighted by atomic mass is 10.1. The summed E-state index contributed by atoms with van der Waals surface area (Å²) < 4.78 is 0.812. The summed E-state index contributed by atoms with van der Waals surface area (Å²) in [7, 11) is 0. The molecule has 1 saturated carbocycles. The summed E-state index contributed by atoms with van der Waals surface area (Å²) >= 11 is 9.35. The highest BCUT2D eigenvalue weighted by Crippen LogP contribution is 2.29. The minimum Gasteiger partial charge on any atom is -0.353 e. The van der Waals surface area contributed by atoms with E-state index in [1.54, 1.807) is 6.07 Å². The highest BCUT2D eigenvalue weighted by atomic mass is 79.9. The largest absolute Gasteiger partial charge is 0.353 e. The molecule has 1 aliphatic carbocycles. The number of nitrogens with one attached hydrogen (secondary N) is 2. The van der Waals surface area contributed by atoms with E-state index >= 15 is 0 Å². The van der Waals surface area contributed by atoms with Crippen molar-refractivity contribution in [2.45, 2.75) is 24.9 Å². The summed E-state index contributed by atoms with van der Waals surface area (Å²) in [5.41, 5.74) is 0.799. The van der Waals surface area contributed by atoms with Crippen LogP contribution < -0.4 is 10.6 Å². The molecule has 0 radical (unpaired) electrons. The van der Waals surface area contributed by atoms with Gasteiger partial charge in [0, 0.05) is 10.5 Å². The molecule has 94 valence electrons. The predicted molar refractivity (Wildman–Crippen MR) is 73.6 cm³/mol. The first-order valence-electron chi connectivity index (χ1n) is 5.73. The van der Waals surface area contributed by atoms with Crippen LogP contribution in [0.1, 0.15) is 24.4 Å². The molecule has 18 heavy (non-hydrogen) atoms. The van der Waals surface area contributed by atoms with Crippen LogP contribution in [0.15, 0.2) is 27.7 Å². The molecule has 0 bridgehead atoms. The average molecular weight is 329 g/mol. The molecule has 0 saturated heterocycles. The van der Waals surface area contributed by atoms with Gasteiger partial charge in [-0.15, -0.1) is 0 Å². The predicted octanol–water partition coefficient (Wildman–Crippen LogP) is 2.38. The molecule has 1 aliphatic heterocycles. The number of hydrogen-bond donors (Lipinski definition) is 2. The molecular weight excluding hydrogens is 318 g/mol. The number of nitrogens with zero attached hydrogens (tertiary/aromatic N) is 1. The summed E-state index contributed by atoms with van der Waals surface area (Å²) in [6.07, 6.45) is 2.29. The van der Waals surface area contributed by atoms with Gasteiger partial charge in [-0.2, -0.15) is 0 Å². The first-order valence-corrected chi connectivity index (χ1v) is 6.91. The first kappa shape index (κ1) is 12.0. The Morgan fingerprint density at radius 2 is 2.22 bits per heavy atom. The van der Waals surface area contributed by atoms with E-state index in [2.05, 4.69) is 31.6 Å². The molecule has 0 spiro atoms. The average Bonchev–Trinajstić information content (AvgIpc) is 3.06. The number of benzene rings is 1. The van der Waals surface area contributed by atoms with Crippen molar-refractivity contribution < 1.29 is 4.79 Å². The number of hydrogen-bond acceptors (Lipinski definition) is 3. The van der Waals surface area contributed by atoms with E-state index in [0.29, 0.717) is 17.0 Å². The quantitative estimate of drug-likeness (QED) is 0.876. The van der Waals surface area contributed by atoms with E-state index in [1.165, 1.54) is 0 Å². The lowest BCUT2D eigenvalue weighted by Gasteiger charge is -2.05. The minimum absolute atomic E-state index is 0.114. The fraction of sp³-hybridized carbons (Fsp3) is 0.333. The second-order valence-electron chi connectivity index (χ2n) is 4.46. The molecule has 3 rings (SSSR count). The van der Waals surface area contributed by atoms with E-state index in [-0.39, 0.29) is 5.91 Å². The van der Waals surface area contributed by atoms with Gasteiger partial charge in [0.05, 0.1) is 5.02 Å². The third-order valence-electron chi connectivity index (χ3n) is 2.93. The number of amides is 1. The molecule has 0 aromatic heterocycles. The molecule has 1 fully saturated rings. The number of carbonyl (C=O) groups excluding carboxylic acids is 1. The Balaban J connectivity index is 1.83. The van der Waals surface area contributed by atoms with Gasteiger partial charge in [-0.1, -0.05) is 17.7 Å². The van der Waals surface area contributed by atoms with Gasteiger partial charge in [-0.25, -0.2) is 4.99 Å². The summed E-state index contributed by atoms with van der Waals surface area (Å²) in [5.74, 6) is 0.461. The maximum Gasteiger partial charge on any atom is 0.256 e. The Morgan fingerprint density at radius 1 is 1.44 bits per heavy atom. The van der Waals surface area contributed by atoms with Crippen LogP contribution in [0.4, 0.5) is 0 Å². The van der Waals surface area contributed by atoms with Crippen molar-refractivity contribution in [2.24, 2.45) is 4.99 Å². The Hall–Kier alpha value is -1.07. The molecule has 1 aromatic rings. The molecule has 1 unspecified atom stereocenters. The number of aliphatic imine (C=N–C) groups is 1. The Morgan fingerprint density at radius 3 is 2.89 bits per heavy atom. The van der Waals surface area contributed by atoms with Crippen LogP contribution >= 0.6 is 27.5 Å². The highest BCUT2D eigenvalue weighted by molar-refractivity contribution is 9.10. The molecule has 1 aromatic carbocycles. The van der Waals surface area contributed by atoms with Crippen molar-refractivity contribution >= 4 is 39.4 Å². The van der Waals surface area contributed by atoms with Crippen LogP contribution in [0.25, 0.3) is 0 Å². The van der Waals surface area contributed by atoms with Gasteiger partial charge in [0.15, 0.2) is 12.0 Å². The SMILES string of the molecule is O=C1NC(NC2CC2)=NC1c1ccc(Br)c(Cl)c1. The lowest BCUT2D eigenvalue weighted by Crippen LogP contribution is -2.37. The van der Waals surface area contributed by atoms with Crippen molar-refractivity contribution in [3.63, 3.8) is 0 Å². The van der Waals surface area contributed by atoms with Crippen LogP contribution in [0.3, 0.4) is 0 Å². The molecule has 2 aliphatic rings. The van der Waals surface area contributed by atoms with Crippen molar-refractivity contribution in [3.05, 3.63) is 33.3 Å². The fourth-order valence-electron chi connectivity index (χ4n) is 1.81. The van der Waals surface area contributed by atoms with E-state index in [0.717, 1.165) is 22.9 Å². The van der Waals surface area contributed by atoms with Gasteiger partial charge < -0.3 is 5.32 Å². The minimum atomic E-state index is -0.503. The number of rotatable bonds is 2. The molecule has 1 heterocycles. The van der Waals surface area contributed by atoms with E-state index in [4.69, 9.17) is 11.6 Å². The zero-order chi connectivity index (χ0) is 12.7. The molecule has 1 atom stereocenters. The Labute approximate surface area is 118 Å². The van der Waals surface area contributed by atoms with Gasteiger partial charge in [-0.3, -0.25) is 10.1 Å². The van der Waals surface area contributed by atoms with Gasteiger partial charge >= 0.3 is 0 Å². The molecule has 1 amide bonds. The maximum atomic E-state index is 11.9. The van der Waals surface area contributed by atoms with Crippen molar-refractivity contribution in [1.82, 2.24) is 10.6 Å². The van der Waals surface area contributed by atoms with E-state index in [9.17, 15) is 4.79 Å². The van der Waals surface area contributed by atoms with Gasteiger partial charge in [0.2, 0.25) is 0 Å². The smallest absolute Gasteiger partial charge is 0.256 e. The summed E-state index contributed by atoms with van der Waals surface area (Å²) in [4.78, 5) is 16.2. The third kappa shape index (κ3) is 2.37. The van der Waals surface area contributed by atoms with Gasteiger partial charge in [0.1, 0.15) is 0 Å². The standard InChI is InChI=1S/C12H11BrClN3O/c13-8-4-1-6(5-9(8)14)10-11(18)17-12(16-10)15-7-2-3-7/h1,4-5,7,10H,2-3H2,(H2,15,16,17,18). The van der Waals surface area contributed by atoms with Crippen LogP contribution in [0, 0.1) is 0 Å². The van der Waals surface area contributed by atoms with Crippen molar-refractivity contribution in [1.29, 1.82) is 0 Å². The second-order valence-corrected chi connectivity index (χ2v) is 5.72. The summed E-state index contributed by atoms with van der Waals surface area (Å²) in [6, 6.07) is 5.41. The third-order valence-corrected chi connectivity index (χ3v) is 4.16. The van der Waals surface area contributed by atoms with E-state index in [1.807, 2.05) is 12.1 Å². The molecular formula is C12H11BrClN3O. The Bertz CT molecular complexity index is 542. The van der Waals surface area contributed by atoms with E-state index < -0.39 is 6.04 Å². The number of guanidine groups is 1. The Kier molecular flexibility index (Phi) is 3.03. The van der Waals surface area contributed by atoms with Crippen molar-refractivity contribution in [3.8, 4) is 0 Å². The number of carbonyl (C=O) groups is 1.